The van der Waals surface area contributed by atoms with Crippen LogP contribution in [0.3, 0.4) is 0 Å². The first-order valence-electron chi connectivity index (χ1n) is 11.7. The lowest BCUT2D eigenvalue weighted by Crippen LogP contribution is -2.37. The molecule has 0 radical (unpaired) electrons. The average molecular weight is 478 g/mol. The number of benzene rings is 2. The molecule has 0 saturated carbocycles. The van der Waals surface area contributed by atoms with Gasteiger partial charge in [0.15, 0.2) is 0 Å². The van der Waals surface area contributed by atoms with Crippen LogP contribution in [0.25, 0.3) is 11.1 Å². The number of amides is 1. The van der Waals surface area contributed by atoms with E-state index in [-0.39, 0.29) is 23.6 Å². The highest BCUT2D eigenvalue weighted by molar-refractivity contribution is 6.00. The lowest BCUT2D eigenvalue weighted by atomic mass is 9.86. The molecule has 0 N–H and O–H groups in total. The highest BCUT2D eigenvalue weighted by Gasteiger charge is 2.46. The number of morpholine rings is 1. The molecule has 3 aliphatic rings. The van der Waals surface area contributed by atoms with E-state index >= 15 is 0 Å². The highest BCUT2D eigenvalue weighted by Crippen LogP contribution is 2.51. The van der Waals surface area contributed by atoms with Crippen LogP contribution < -0.4 is 9.64 Å². The van der Waals surface area contributed by atoms with Crippen LogP contribution in [0.1, 0.15) is 39.9 Å². The van der Waals surface area contributed by atoms with Crippen molar-refractivity contribution in [3.05, 3.63) is 71.5 Å². The minimum atomic E-state index is -2.90. The number of anilines is 1. The van der Waals surface area contributed by atoms with E-state index in [0.29, 0.717) is 43.3 Å². The summed E-state index contributed by atoms with van der Waals surface area (Å²) in [6.45, 7) is 0.506. The fourth-order valence-corrected chi connectivity index (χ4v) is 5.45. The summed E-state index contributed by atoms with van der Waals surface area (Å²) in [7, 11) is 0. The maximum absolute atomic E-state index is 13.1. The van der Waals surface area contributed by atoms with Gasteiger partial charge in [-0.05, 0) is 41.3 Å². The number of aromatic nitrogens is 2. The van der Waals surface area contributed by atoms with Crippen molar-refractivity contribution in [3.8, 4) is 16.9 Å². The van der Waals surface area contributed by atoms with Crippen molar-refractivity contribution in [3.63, 3.8) is 0 Å². The summed E-state index contributed by atoms with van der Waals surface area (Å²) >= 11 is 0. The van der Waals surface area contributed by atoms with E-state index in [4.69, 9.17) is 9.47 Å². The second kappa shape index (κ2) is 8.88. The SMILES string of the molecule is O=C1c2ccc(-c3cnc(N4CCOCC4)nc3)cc2[C@H]2[C@@H](c3ccccc3OC(F)F)CCN12. The van der Waals surface area contributed by atoms with Gasteiger partial charge in [-0.15, -0.1) is 0 Å². The zero-order valence-corrected chi connectivity index (χ0v) is 18.9. The van der Waals surface area contributed by atoms with Crippen LogP contribution in [0.15, 0.2) is 54.9 Å². The number of hydrogen-bond acceptors (Lipinski definition) is 6. The molecule has 0 aliphatic carbocycles. The third-order valence-electron chi connectivity index (χ3n) is 7.06. The van der Waals surface area contributed by atoms with Gasteiger partial charge in [0.25, 0.3) is 5.91 Å². The third-order valence-corrected chi connectivity index (χ3v) is 7.06. The fourth-order valence-electron chi connectivity index (χ4n) is 5.45. The van der Waals surface area contributed by atoms with Gasteiger partial charge in [0.1, 0.15) is 5.75 Å². The molecule has 7 nitrogen and oxygen atoms in total. The molecule has 180 valence electrons. The normalized spacial score (nSPS) is 21.4. The monoisotopic (exact) mass is 478 g/mol. The molecule has 4 heterocycles. The van der Waals surface area contributed by atoms with Crippen LogP contribution in [0.2, 0.25) is 0 Å². The summed E-state index contributed by atoms with van der Waals surface area (Å²) in [4.78, 5) is 26.2. The molecule has 2 fully saturated rings. The topological polar surface area (TPSA) is 67.8 Å². The second-order valence-electron chi connectivity index (χ2n) is 8.93. The van der Waals surface area contributed by atoms with Crippen molar-refractivity contribution in [1.82, 2.24) is 14.9 Å². The Labute approximate surface area is 201 Å². The summed E-state index contributed by atoms with van der Waals surface area (Å²) in [6, 6.07) is 12.4. The number of nitrogens with zero attached hydrogens (tertiary/aromatic N) is 4. The van der Waals surface area contributed by atoms with E-state index in [1.807, 2.05) is 35.2 Å². The Morgan fingerprint density at radius 3 is 2.51 bits per heavy atom. The zero-order chi connectivity index (χ0) is 23.9. The van der Waals surface area contributed by atoms with Gasteiger partial charge in [-0.1, -0.05) is 24.3 Å². The minimum absolute atomic E-state index is 0.0229. The van der Waals surface area contributed by atoms with Gasteiger partial charge >= 0.3 is 6.61 Å². The molecule has 2 atom stereocenters. The van der Waals surface area contributed by atoms with Crippen LogP contribution in [0.4, 0.5) is 14.7 Å². The molecule has 3 aliphatic heterocycles. The number of ether oxygens (including phenoxy) is 2. The highest BCUT2D eigenvalue weighted by atomic mass is 19.3. The van der Waals surface area contributed by atoms with E-state index in [9.17, 15) is 13.6 Å². The molecule has 1 amide bonds. The Bertz CT molecular complexity index is 1250. The first-order chi connectivity index (χ1) is 17.1. The van der Waals surface area contributed by atoms with Crippen LogP contribution in [-0.4, -0.2) is 60.2 Å². The van der Waals surface area contributed by atoms with Crippen LogP contribution in [0.5, 0.6) is 5.75 Å². The van der Waals surface area contributed by atoms with Gasteiger partial charge in [0.2, 0.25) is 5.95 Å². The van der Waals surface area contributed by atoms with Gasteiger partial charge in [-0.2, -0.15) is 8.78 Å². The molecule has 35 heavy (non-hydrogen) atoms. The minimum Gasteiger partial charge on any atom is -0.435 e. The lowest BCUT2D eigenvalue weighted by molar-refractivity contribution is -0.0507. The average Bonchev–Trinajstić information content (AvgIpc) is 3.44. The number of carbonyl (C=O) groups excluding carboxylic acids is 1. The molecular weight excluding hydrogens is 454 g/mol. The maximum Gasteiger partial charge on any atom is 0.387 e. The molecule has 2 saturated heterocycles. The summed E-state index contributed by atoms with van der Waals surface area (Å²) in [5, 5.41) is 0. The first kappa shape index (κ1) is 21.9. The van der Waals surface area contributed by atoms with Gasteiger partial charge in [0, 0.05) is 49.1 Å². The van der Waals surface area contributed by atoms with Gasteiger partial charge in [0.05, 0.1) is 19.3 Å². The Morgan fingerprint density at radius 1 is 0.971 bits per heavy atom. The zero-order valence-electron chi connectivity index (χ0n) is 18.9. The molecule has 1 aromatic heterocycles. The quantitative estimate of drug-likeness (QED) is 0.546. The lowest BCUT2D eigenvalue weighted by Gasteiger charge is -2.26. The van der Waals surface area contributed by atoms with Gasteiger partial charge < -0.3 is 19.3 Å². The Hall–Kier alpha value is -3.59. The summed E-state index contributed by atoms with van der Waals surface area (Å²) in [6.07, 6.45) is 4.28. The molecule has 6 rings (SSSR count). The predicted molar refractivity (Wildman–Crippen MR) is 125 cm³/mol. The maximum atomic E-state index is 13.1. The number of fused-ring (bicyclic) bond motifs is 3. The number of para-hydroxylation sites is 1. The van der Waals surface area contributed by atoms with E-state index < -0.39 is 6.61 Å². The van der Waals surface area contributed by atoms with Gasteiger partial charge in [-0.25, -0.2) is 9.97 Å². The van der Waals surface area contributed by atoms with Gasteiger partial charge in [-0.3, -0.25) is 4.79 Å². The number of halogens is 2. The van der Waals surface area contributed by atoms with Crippen molar-refractivity contribution >= 4 is 11.9 Å². The van der Waals surface area contributed by atoms with Crippen LogP contribution in [-0.2, 0) is 4.74 Å². The van der Waals surface area contributed by atoms with E-state index in [0.717, 1.165) is 29.8 Å². The van der Waals surface area contributed by atoms with E-state index in [2.05, 4.69) is 14.9 Å². The molecule has 9 heteroatoms. The number of carbonyl (C=O) groups is 1. The molecule has 0 spiro atoms. The largest absolute Gasteiger partial charge is 0.435 e. The second-order valence-corrected chi connectivity index (χ2v) is 8.93. The Morgan fingerprint density at radius 2 is 1.74 bits per heavy atom. The third kappa shape index (κ3) is 3.89. The molecule has 3 aromatic rings. The van der Waals surface area contributed by atoms with Crippen LogP contribution >= 0.6 is 0 Å². The summed E-state index contributed by atoms with van der Waals surface area (Å²) in [5.74, 6) is 0.681. The van der Waals surface area contributed by atoms with Crippen molar-refractivity contribution in [2.24, 2.45) is 0 Å². The molecule has 2 aromatic carbocycles. The Balaban J connectivity index is 1.33. The van der Waals surface area contributed by atoms with Crippen LogP contribution in [0, 0.1) is 0 Å². The van der Waals surface area contributed by atoms with Crippen molar-refractivity contribution in [1.29, 1.82) is 0 Å². The van der Waals surface area contributed by atoms with Crippen molar-refractivity contribution in [2.45, 2.75) is 25.0 Å². The Kier molecular flexibility index (Phi) is 5.56. The number of alkyl halides is 2. The number of hydrogen-bond donors (Lipinski definition) is 0. The van der Waals surface area contributed by atoms with E-state index in [1.54, 1.807) is 24.5 Å². The standard InChI is InChI=1S/C26H24F2N4O3/c27-25(28)35-22-4-2-1-3-18(22)19-7-8-32-23(19)21-13-16(5-6-20(21)24(32)33)17-14-29-26(30-15-17)31-9-11-34-12-10-31/h1-6,13-15,19,23,25H,7-12H2/t19-,23-/m1/s1. The number of rotatable bonds is 5. The predicted octanol–water partition coefficient (Wildman–Crippen LogP) is 4.27. The molecular formula is C26H24F2N4O3. The van der Waals surface area contributed by atoms with E-state index in [1.165, 1.54) is 0 Å². The van der Waals surface area contributed by atoms with Crippen molar-refractivity contribution in [2.75, 3.05) is 37.7 Å². The summed E-state index contributed by atoms with van der Waals surface area (Å²) in [5.41, 5.74) is 4.02. The summed E-state index contributed by atoms with van der Waals surface area (Å²) < 4.78 is 36.3. The van der Waals surface area contributed by atoms with Crippen molar-refractivity contribution < 1.29 is 23.0 Å². The fraction of sp³-hybridized carbons (Fsp3) is 0.346. The molecule has 0 unspecified atom stereocenters. The first-order valence-corrected chi connectivity index (χ1v) is 11.7. The smallest absolute Gasteiger partial charge is 0.387 e. The molecule has 0 bridgehead atoms.